The van der Waals surface area contributed by atoms with Crippen molar-refractivity contribution in [3.63, 3.8) is 0 Å². The first kappa shape index (κ1) is 19.0. The van der Waals surface area contributed by atoms with Crippen LogP contribution in [0.2, 0.25) is 0 Å². The zero-order valence-electron chi connectivity index (χ0n) is 13.9. The number of primary amides is 1. The fourth-order valence-corrected chi connectivity index (χ4v) is 3.19. The Kier molecular flexibility index (Phi) is 7.47. The van der Waals surface area contributed by atoms with Gasteiger partial charge in [0.05, 0.1) is 0 Å². The lowest BCUT2D eigenvalue weighted by atomic mass is 10.2. The summed E-state index contributed by atoms with van der Waals surface area (Å²) in [5, 5.41) is 0. The van der Waals surface area contributed by atoms with Crippen molar-refractivity contribution in [1.82, 2.24) is 4.90 Å². The Labute approximate surface area is 151 Å². The number of nitrogens with two attached hydrogens (primary N) is 1. The number of hydrogen-bond donors (Lipinski definition) is 1. The van der Waals surface area contributed by atoms with Crippen LogP contribution in [0.3, 0.4) is 0 Å². The summed E-state index contributed by atoms with van der Waals surface area (Å²) >= 11 is 1.31. The summed E-state index contributed by atoms with van der Waals surface area (Å²) in [6.45, 7) is 0.713. The Bertz CT molecular complexity index is 710. The maximum Gasteiger partial charge on any atom is 0.223 e. The predicted octanol–water partition coefficient (Wildman–Crippen LogP) is 3.21. The predicted molar refractivity (Wildman–Crippen MR) is 97.4 cm³/mol. The van der Waals surface area contributed by atoms with E-state index in [1.165, 1.54) is 17.8 Å². The van der Waals surface area contributed by atoms with Gasteiger partial charge in [-0.3, -0.25) is 9.59 Å². The second-order valence-electron chi connectivity index (χ2n) is 5.55. The molecule has 0 fully saturated rings. The van der Waals surface area contributed by atoms with Crippen LogP contribution in [-0.2, 0) is 16.1 Å². The minimum absolute atomic E-state index is 0.0751. The van der Waals surface area contributed by atoms with E-state index in [9.17, 15) is 14.0 Å². The summed E-state index contributed by atoms with van der Waals surface area (Å²) in [6.07, 6.45) is 0.392. The zero-order valence-corrected chi connectivity index (χ0v) is 14.7. The van der Waals surface area contributed by atoms with Crippen molar-refractivity contribution in [1.29, 1.82) is 0 Å². The van der Waals surface area contributed by atoms with Crippen LogP contribution < -0.4 is 5.73 Å². The second kappa shape index (κ2) is 9.84. The van der Waals surface area contributed by atoms with Crippen molar-refractivity contribution < 1.29 is 14.0 Å². The molecule has 0 bridgehead atoms. The molecule has 6 heteroatoms. The number of halogens is 1. The Morgan fingerprint density at radius 2 is 1.68 bits per heavy atom. The molecule has 0 unspecified atom stereocenters. The highest BCUT2D eigenvalue weighted by Gasteiger charge is 2.15. The monoisotopic (exact) mass is 360 g/mol. The van der Waals surface area contributed by atoms with Crippen molar-refractivity contribution in [2.45, 2.75) is 24.3 Å². The van der Waals surface area contributed by atoms with Crippen molar-refractivity contribution in [2.24, 2.45) is 5.73 Å². The van der Waals surface area contributed by atoms with E-state index in [0.717, 1.165) is 5.56 Å². The highest BCUT2D eigenvalue weighted by molar-refractivity contribution is 7.99. The van der Waals surface area contributed by atoms with E-state index in [4.69, 9.17) is 5.73 Å². The second-order valence-corrected chi connectivity index (χ2v) is 6.68. The molecule has 0 aliphatic heterocycles. The topological polar surface area (TPSA) is 63.4 Å². The van der Waals surface area contributed by atoms with Crippen molar-refractivity contribution in [3.8, 4) is 0 Å². The van der Waals surface area contributed by atoms with Gasteiger partial charge in [0, 0.05) is 36.6 Å². The summed E-state index contributed by atoms with van der Waals surface area (Å²) in [5.74, 6) is -0.322. The molecule has 2 aromatic carbocycles. The Morgan fingerprint density at radius 1 is 1.00 bits per heavy atom. The first-order valence-electron chi connectivity index (χ1n) is 8.03. The molecule has 0 radical (unpaired) electrons. The van der Waals surface area contributed by atoms with Gasteiger partial charge in [-0.15, -0.1) is 11.8 Å². The van der Waals surface area contributed by atoms with Crippen LogP contribution in [0, 0.1) is 5.82 Å². The first-order valence-corrected chi connectivity index (χ1v) is 9.02. The third-order valence-electron chi connectivity index (χ3n) is 3.61. The SMILES string of the molecule is NC(=O)CCN(Cc1ccccc1)C(=O)CCSc1ccccc1F. The van der Waals surface area contributed by atoms with Gasteiger partial charge < -0.3 is 10.6 Å². The van der Waals surface area contributed by atoms with Crippen molar-refractivity contribution >= 4 is 23.6 Å². The quantitative estimate of drug-likeness (QED) is 0.699. The average molecular weight is 360 g/mol. The smallest absolute Gasteiger partial charge is 0.223 e. The van der Waals surface area contributed by atoms with Gasteiger partial charge >= 0.3 is 0 Å². The average Bonchev–Trinajstić information content (AvgIpc) is 2.61. The lowest BCUT2D eigenvalue weighted by molar-refractivity contribution is -0.131. The normalized spacial score (nSPS) is 10.4. The molecule has 2 N–H and O–H groups in total. The summed E-state index contributed by atoms with van der Waals surface area (Å²) in [4.78, 5) is 25.7. The lowest BCUT2D eigenvalue weighted by Crippen LogP contribution is -2.33. The molecule has 2 aromatic rings. The number of hydrogen-bond acceptors (Lipinski definition) is 3. The number of thioether (sulfide) groups is 1. The fourth-order valence-electron chi connectivity index (χ4n) is 2.31. The maximum atomic E-state index is 13.6. The highest BCUT2D eigenvalue weighted by Crippen LogP contribution is 2.22. The maximum absolute atomic E-state index is 13.6. The highest BCUT2D eigenvalue weighted by atomic mass is 32.2. The van der Waals surface area contributed by atoms with Crippen LogP contribution in [0.4, 0.5) is 4.39 Å². The summed E-state index contributed by atoms with van der Waals surface area (Å²) < 4.78 is 13.6. The fraction of sp³-hybridized carbons (Fsp3) is 0.263. The van der Waals surface area contributed by atoms with Gasteiger partial charge in [0.2, 0.25) is 11.8 Å². The minimum atomic E-state index is -0.438. The number of rotatable bonds is 9. The van der Waals surface area contributed by atoms with E-state index < -0.39 is 5.91 Å². The third-order valence-corrected chi connectivity index (χ3v) is 4.66. The largest absolute Gasteiger partial charge is 0.370 e. The van der Waals surface area contributed by atoms with Gasteiger partial charge in [-0.05, 0) is 17.7 Å². The molecule has 2 rings (SSSR count). The number of benzene rings is 2. The number of carbonyl (C=O) groups is 2. The van der Waals surface area contributed by atoms with Gasteiger partial charge in [0.25, 0.3) is 0 Å². The molecule has 132 valence electrons. The Morgan fingerprint density at radius 3 is 2.36 bits per heavy atom. The van der Waals surface area contributed by atoms with Crippen molar-refractivity contribution in [2.75, 3.05) is 12.3 Å². The molecule has 2 amide bonds. The molecule has 0 spiro atoms. The van der Waals surface area contributed by atoms with E-state index in [-0.39, 0.29) is 31.1 Å². The van der Waals surface area contributed by atoms with Gasteiger partial charge in [0.15, 0.2) is 0 Å². The molecule has 25 heavy (non-hydrogen) atoms. The zero-order chi connectivity index (χ0) is 18.1. The molecule has 0 aromatic heterocycles. The van der Waals surface area contributed by atoms with Gasteiger partial charge in [0.1, 0.15) is 5.82 Å². The summed E-state index contributed by atoms with van der Waals surface area (Å²) in [5.41, 5.74) is 6.19. The van der Waals surface area contributed by atoms with Crippen LogP contribution in [0.15, 0.2) is 59.5 Å². The molecular formula is C19H21FN2O2S. The third kappa shape index (κ3) is 6.58. The van der Waals surface area contributed by atoms with Crippen LogP contribution in [0.1, 0.15) is 18.4 Å². The Balaban J connectivity index is 1.92. The van der Waals surface area contributed by atoms with Crippen LogP contribution in [-0.4, -0.2) is 29.0 Å². The van der Waals surface area contributed by atoms with Crippen molar-refractivity contribution in [3.05, 3.63) is 66.0 Å². The first-order chi connectivity index (χ1) is 12.1. The van der Waals surface area contributed by atoms with Crippen LogP contribution >= 0.6 is 11.8 Å². The van der Waals surface area contributed by atoms with E-state index in [1.54, 1.807) is 23.1 Å². The molecule has 4 nitrogen and oxygen atoms in total. The van der Waals surface area contributed by atoms with Gasteiger partial charge in [-0.2, -0.15) is 0 Å². The summed E-state index contributed by atoms with van der Waals surface area (Å²) in [6, 6.07) is 16.1. The van der Waals surface area contributed by atoms with E-state index in [1.807, 2.05) is 30.3 Å². The number of amides is 2. The van der Waals surface area contributed by atoms with E-state index in [2.05, 4.69) is 0 Å². The molecule has 0 aliphatic rings. The standard InChI is InChI=1S/C19H21FN2O2S/c20-16-8-4-5-9-17(16)25-13-11-19(24)22(12-10-18(21)23)14-15-6-2-1-3-7-15/h1-9H,10-14H2,(H2,21,23). The molecular weight excluding hydrogens is 339 g/mol. The van der Waals surface area contributed by atoms with Gasteiger partial charge in [-0.25, -0.2) is 4.39 Å². The molecule has 0 saturated carbocycles. The molecule has 0 aliphatic carbocycles. The van der Waals surface area contributed by atoms with Gasteiger partial charge in [-0.1, -0.05) is 42.5 Å². The molecule has 0 heterocycles. The molecule has 0 saturated heterocycles. The summed E-state index contributed by atoms with van der Waals surface area (Å²) in [7, 11) is 0. The van der Waals surface area contributed by atoms with E-state index >= 15 is 0 Å². The lowest BCUT2D eigenvalue weighted by Gasteiger charge is -2.22. The molecule has 0 atom stereocenters. The number of carbonyl (C=O) groups excluding carboxylic acids is 2. The Hall–Kier alpha value is -2.34. The van der Waals surface area contributed by atoms with E-state index in [0.29, 0.717) is 17.2 Å². The number of nitrogens with zero attached hydrogens (tertiary/aromatic N) is 1. The van der Waals surface area contributed by atoms with Crippen LogP contribution in [0.25, 0.3) is 0 Å². The van der Waals surface area contributed by atoms with Crippen LogP contribution in [0.5, 0.6) is 0 Å². The minimum Gasteiger partial charge on any atom is -0.370 e.